The van der Waals surface area contributed by atoms with Crippen LogP contribution in [0.25, 0.3) is 0 Å². The third-order valence-corrected chi connectivity index (χ3v) is 3.07. The van der Waals surface area contributed by atoms with Gasteiger partial charge >= 0.3 is 0 Å². The van der Waals surface area contributed by atoms with Crippen LogP contribution in [0.2, 0.25) is 0 Å². The van der Waals surface area contributed by atoms with Gasteiger partial charge in [-0.25, -0.2) is 17.6 Å². The highest BCUT2D eigenvalue weighted by atomic mass is 19.2. The Morgan fingerprint density at radius 2 is 1.50 bits per heavy atom. The van der Waals surface area contributed by atoms with Crippen LogP contribution in [-0.4, -0.2) is 0 Å². The van der Waals surface area contributed by atoms with Crippen molar-refractivity contribution in [3.63, 3.8) is 0 Å². The number of benzene rings is 2. The molecule has 0 aromatic heterocycles. The van der Waals surface area contributed by atoms with E-state index in [4.69, 9.17) is 0 Å². The van der Waals surface area contributed by atoms with E-state index in [-0.39, 0.29) is 12.6 Å². The van der Waals surface area contributed by atoms with Crippen molar-refractivity contribution in [1.82, 2.24) is 0 Å². The molecule has 0 aliphatic carbocycles. The third kappa shape index (κ3) is 2.76. The predicted molar refractivity (Wildman–Crippen MR) is 69.5 cm³/mol. The van der Waals surface area contributed by atoms with Gasteiger partial charge in [-0.1, -0.05) is 23.8 Å². The van der Waals surface area contributed by atoms with E-state index >= 15 is 0 Å². The first-order chi connectivity index (χ1) is 9.40. The third-order valence-electron chi connectivity index (χ3n) is 3.07. The van der Waals surface area contributed by atoms with Gasteiger partial charge in [0.2, 0.25) is 0 Å². The van der Waals surface area contributed by atoms with Crippen molar-refractivity contribution in [2.45, 2.75) is 20.4 Å². The molecule has 0 amide bonds. The van der Waals surface area contributed by atoms with Crippen LogP contribution in [-0.2, 0) is 6.54 Å². The molecule has 0 unspecified atom stereocenters. The SMILES string of the molecule is Cc1ccc(C)c(CNc2c(F)c(F)cc(F)c2F)c1. The minimum absolute atomic E-state index is 0.0737. The molecule has 2 rings (SSSR count). The largest absolute Gasteiger partial charge is 0.376 e. The van der Waals surface area contributed by atoms with Crippen molar-refractivity contribution in [1.29, 1.82) is 0 Å². The second-order valence-electron chi connectivity index (χ2n) is 4.63. The van der Waals surface area contributed by atoms with Crippen LogP contribution < -0.4 is 5.32 Å². The van der Waals surface area contributed by atoms with Crippen LogP contribution in [0.1, 0.15) is 16.7 Å². The van der Waals surface area contributed by atoms with Crippen molar-refractivity contribution < 1.29 is 17.6 Å². The fraction of sp³-hybridized carbons (Fsp3) is 0.200. The van der Waals surface area contributed by atoms with Crippen LogP contribution in [0.15, 0.2) is 24.3 Å². The predicted octanol–water partition coefficient (Wildman–Crippen LogP) is 4.47. The van der Waals surface area contributed by atoms with E-state index < -0.39 is 29.0 Å². The van der Waals surface area contributed by atoms with E-state index in [1.165, 1.54) is 0 Å². The lowest BCUT2D eigenvalue weighted by Gasteiger charge is -2.12. The molecule has 2 aromatic rings. The molecule has 0 atom stereocenters. The molecular weight excluding hydrogens is 270 g/mol. The molecule has 106 valence electrons. The Balaban J connectivity index is 2.30. The van der Waals surface area contributed by atoms with Gasteiger partial charge in [-0.3, -0.25) is 0 Å². The van der Waals surface area contributed by atoms with E-state index in [0.717, 1.165) is 16.7 Å². The summed E-state index contributed by atoms with van der Waals surface area (Å²) in [5.41, 5.74) is 1.91. The number of nitrogens with one attached hydrogen (secondary N) is 1. The van der Waals surface area contributed by atoms with Crippen LogP contribution in [0.4, 0.5) is 23.2 Å². The molecular formula is C15H13F4N. The minimum Gasteiger partial charge on any atom is -0.376 e. The number of halogens is 4. The summed E-state index contributed by atoms with van der Waals surface area (Å²) < 4.78 is 53.1. The monoisotopic (exact) mass is 283 g/mol. The Bertz CT molecular complexity index is 627. The minimum atomic E-state index is -1.42. The summed E-state index contributed by atoms with van der Waals surface area (Å²) >= 11 is 0. The average Bonchev–Trinajstić information content (AvgIpc) is 2.40. The molecule has 20 heavy (non-hydrogen) atoms. The van der Waals surface area contributed by atoms with Gasteiger partial charge < -0.3 is 5.32 Å². The van der Waals surface area contributed by atoms with Crippen molar-refractivity contribution in [3.8, 4) is 0 Å². The van der Waals surface area contributed by atoms with Crippen LogP contribution in [0, 0.1) is 37.1 Å². The summed E-state index contributed by atoms with van der Waals surface area (Å²) in [6, 6.07) is 5.80. The number of aryl methyl sites for hydroxylation is 2. The van der Waals surface area contributed by atoms with Crippen molar-refractivity contribution in [3.05, 3.63) is 64.2 Å². The first-order valence-electron chi connectivity index (χ1n) is 6.03. The standard InChI is InChI=1S/C15H13F4N/c1-8-3-4-9(2)10(5-8)7-20-15-13(18)11(16)6-12(17)14(15)19/h3-6,20H,7H2,1-2H3. The molecule has 0 aliphatic rings. The zero-order valence-corrected chi connectivity index (χ0v) is 11.0. The maximum absolute atomic E-state index is 13.5. The Hall–Kier alpha value is -2.04. The van der Waals surface area contributed by atoms with Gasteiger partial charge in [-0.15, -0.1) is 0 Å². The number of hydrogen-bond donors (Lipinski definition) is 1. The summed E-state index contributed by atoms with van der Waals surface area (Å²) in [7, 11) is 0. The molecule has 0 saturated carbocycles. The lowest BCUT2D eigenvalue weighted by atomic mass is 10.1. The summed E-state index contributed by atoms with van der Waals surface area (Å²) in [5, 5.41) is 2.42. The van der Waals surface area contributed by atoms with E-state index in [1.807, 2.05) is 32.0 Å². The lowest BCUT2D eigenvalue weighted by molar-refractivity contribution is 0.458. The molecule has 0 fully saturated rings. The van der Waals surface area contributed by atoms with Gasteiger partial charge in [0.1, 0.15) is 5.69 Å². The number of anilines is 1. The quantitative estimate of drug-likeness (QED) is 0.647. The van der Waals surface area contributed by atoms with Crippen molar-refractivity contribution >= 4 is 5.69 Å². The Labute approximate surface area is 114 Å². The molecule has 5 heteroatoms. The van der Waals surface area contributed by atoms with E-state index in [2.05, 4.69) is 5.32 Å². The van der Waals surface area contributed by atoms with Crippen LogP contribution >= 0.6 is 0 Å². The number of hydrogen-bond acceptors (Lipinski definition) is 1. The topological polar surface area (TPSA) is 12.0 Å². The highest BCUT2D eigenvalue weighted by Gasteiger charge is 2.18. The number of rotatable bonds is 3. The summed E-state index contributed by atoms with van der Waals surface area (Å²) in [5.74, 6) is -5.69. The Kier molecular flexibility index (Phi) is 3.97. The summed E-state index contributed by atoms with van der Waals surface area (Å²) in [4.78, 5) is 0. The zero-order valence-electron chi connectivity index (χ0n) is 11.0. The first kappa shape index (κ1) is 14.4. The molecule has 2 aromatic carbocycles. The van der Waals surface area contributed by atoms with E-state index in [1.54, 1.807) is 0 Å². The van der Waals surface area contributed by atoms with Gasteiger partial charge in [-0.05, 0) is 25.0 Å². The molecule has 0 spiro atoms. The summed E-state index contributed by atoms with van der Waals surface area (Å²) in [6.45, 7) is 3.80. The average molecular weight is 283 g/mol. The lowest BCUT2D eigenvalue weighted by Crippen LogP contribution is -2.08. The van der Waals surface area contributed by atoms with E-state index in [9.17, 15) is 17.6 Å². The highest BCUT2D eigenvalue weighted by molar-refractivity contribution is 5.48. The van der Waals surface area contributed by atoms with E-state index in [0.29, 0.717) is 0 Å². The molecule has 0 bridgehead atoms. The second kappa shape index (κ2) is 5.53. The maximum Gasteiger partial charge on any atom is 0.185 e. The summed E-state index contributed by atoms with van der Waals surface area (Å²) in [6.07, 6.45) is 0. The van der Waals surface area contributed by atoms with Crippen LogP contribution in [0.3, 0.4) is 0 Å². The molecule has 0 saturated heterocycles. The Morgan fingerprint density at radius 1 is 0.900 bits per heavy atom. The van der Waals surface area contributed by atoms with Gasteiger partial charge in [0, 0.05) is 12.6 Å². The van der Waals surface area contributed by atoms with Gasteiger partial charge in [0.25, 0.3) is 0 Å². The zero-order chi connectivity index (χ0) is 14.9. The Morgan fingerprint density at radius 3 is 2.10 bits per heavy atom. The molecule has 0 aliphatic heterocycles. The fourth-order valence-corrected chi connectivity index (χ4v) is 1.90. The van der Waals surface area contributed by atoms with Crippen molar-refractivity contribution in [2.24, 2.45) is 0 Å². The first-order valence-corrected chi connectivity index (χ1v) is 6.03. The fourth-order valence-electron chi connectivity index (χ4n) is 1.90. The molecule has 0 heterocycles. The van der Waals surface area contributed by atoms with Gasteiger partial charge in [-0.2, -0.15) is 0 Å². The van der Waals surface area contributed by atoms with Gasteiger partial charge in [0.15, 0.2) is 23.3 Å². The van der Waals surface area contributed by atoms with Crippen LogP contribution in [0.5, 0.6) is 0 Å². The normalized spacial score (nSPS) is 10.7. The molecule has 0 radical (unpaired) electrons. The molecule has 1 nitrogen and oxygen atoms in total. The van der Waals surface area contributed by atoms with Crippen molar-refractivity contribution in [2.75, 3.05) is 5.32 Å². The highest BCUT2D eigenvalue weighted by Crippen LogP contribution is 2.25. The van der Waals surface area contributed by atoms with Gasteiger partial charge in [0.05, 0.1) is 0 Å². The molecule has 1 N–H and O–H groups in total. The smallest absolute Gasteiger partial charge is 0.185 e. The second-order valence-corrected chi connectivity index (χ2v) is 4.63. The maximum atomic E-state index is 13.5.